The first-order chi connectivity index (χ1) is 13.8. The highest BCUT2D eigenvalue weighted by molar-refractivity contribution is 6.10. The largest absolute Gasteiger partial charge is 0.442 e. The molecule has 0 bridgehead atoms. The number of hydrogen-bond acceptors (Lipinski definition) is 6. The van der Waals surface area contributed by atoms with Crippen LogP contribution in [0.5, 0.6) is 0 Å². The molecule has 9 heteroatoms. The molecule has 1 amide bonds. The first kappa shape index (κ1) is 18.8. The zero-order chi connectivity index (χ0) is 20.8. The van der Waals surface area contributed by atoms with Crippen LogP contribution in [0, 0.1) is 29.9 Å². The van der Waals surface area contributed by atoms with Crippen LogP contribution in [0.4, 0.5) is 14.6 Å². The number of benzene rings is 1. The summed E-state index contributed by atoms with van der Waals surface area (Å²) >= 11 is 0. The summed E-state index contributed by atoms with van der Waals surface area (Å²) in [4.78, 5) is 21.2. The van der Waals surface area contributed by atoms with Crippen molar-refractivity contribution in [2.24, 2.45) is 0 Å². The fourth-order valence-corrected chi connectivity index (χ4v) is 3.11. The van der Waals surface area contributed by atoms with Gasteiger partial charge in [0.05, 0.1) is 22.6 Å². The first-order valence-corrected chi connectivity index (χ1v) is 9.00. The summed E-state index contributed by atoms with van der Waals surface area (Å²) in [6.45, 7) is 3.54. The molecule has 4 rings (SSSR count). The van der Waals surface area contributed by atoms with E-state index in [4.69, 9.17) is 9.68 Å². The van der Waals surface area contributed by atoms with Gasteiger partial charge in [-0.05, 0) is 44.4 Å². The van der Waals surface area contributed by atoms with Crippen LogP contribution in [0.1, 0.15) is 47.0 Å². The van der Waals surface area contributed by atoms with Crippen molar-refractivity contribution in [2.75, 3.05) is 5.32 Å². The summed E-state index contributed by atoms with van der Waals surface area (Å²) in [6, 6.07) is 3.51. The Hall–Kier alpha value is -3.54. The third-order valence-corrected chi connectivity index (χ3v) is 5.02. The Morgan fingerprint density at radius 1 is 1.31 bits per heavy atom. The number of aromatic nitrogens is 2. The van der Waals surface area contributed by atoms with Gasteiger partial charge in [-0.2, -0.15) is 5.26 Å². The number of fused-ring (bicyclic) bond motifs is 1. The Bertz CT molecular complexity index is 1180. The van der Waals surface area contributed by atoms with Gasteiger partial charge in [-0.25, -0.2) is 18.7 Å². The fourth-order valence-electron chi connectivity index (χ4n) is 3.11. The van der Waals surface area contributed by atoms with Gasteiger partial charge in [0.1, 0.15) is 17.9 Å². The quantitative estimate of drug-likeness (QED) is 0.682. The second-order valence-corrected chi connectivity index (χ2v) is 7.34. The monoisotopic (exact) mass is 397 g/mol. The van der Waals surface area contributed by atoms with Gasteiger partial charge >= 0.3 is 0 Å². The lowest BCUT2D eigenvalue weighted by atomic mass is 10.1. The second-order valence-electron chi connectivity index (χ2n) is 7.34. The van der Waals surface area contributed by atoms with E-state index in [0.29, 0.717) is 17.0 Å². The third kappa shape index (κ3) is 3.49. The van der Waals surface area contributed by atoms with Gasteiger partial charge in [0.25, 0.3) is 5.91 Å². The molecule has 1 fully saturated rings. The van der Waals surface area contributed by atoms with E-state index in [1.807, 2.05) is 0 Å². The van der Waals surface area contributed by atoms with Crippen LogP contribution in [-0.4, -0.2) is 21.4 Å². The Morgan fingerprint density at radius 2 is 2.03 bits per heavy atom. The van der Waals surface area contributed by atoms with Crippen molar-refractivity contribution in [2.45, 2.75) is 38.8 Å². The Labute approximate surface area is 164 Å². The average molecular weight is 397 g/mol. The summed E-state index contributed by atoms with van der Waals surface area (Å²) in [7, 11) is 0. The molecule has 0 saturated heterocycles. The first-order valence-electron chi connectivity index (χ1n) is 9.00. The topological polar surface area (TPSA) is 104 Å². The van der Waals surface area contributed by atoms with Crippen molar-refractivity contribution >= 4 is 22.8 Å². The normalized spacial score (nSPS) is 14.4. The fraction of sp³-hybridized carbons (Fsp3) is 0.300. The predicted octanol–water partition coefficient (Wildman–Crippen LogP) is 3.58. The van der Waals surface area contributed by atoms with E-state index in [0.717, 1.165) is 25.0 Å². The molecular weight excluding hydrogens is 380 g/mol. The highest BCUT2D eigenvalue weighted by Crippen LogP contribution is 2.40. The lowest BCUT2D eigenvalue weighted by molar-refractivity contribution is 0.0950. The summed E-state index contributed by atoms with van der Waals surface area (Å²) in [6.07, 6.45) is 3.34. The number of aryl methyl sites for hydroxylation is 1. The summed E-state index contributed by atoms with van der Waals surface area (Å²) < 4.78 is 32.5. The zero-order valence-electron chi connectivity index (χ0n) is 15.8. The van der Waals surface area contributed by atoms with Crippen molar-refractivity contribution in [3.8, 4) is 6.07 Å². The minimum Gasteiger partial charge on any atom is -0.442 e. The number of nitriles is 1. The standard InChI is InChI=1S/C20H17F2N5O2/c1-10-15(16-17(27-20(2)3-4-20)25-9-26-19(16)29-10)18(28)24-8-12-6-14(22)13(21)5-11(12)7-23/h5-6,9H,3-4,8H2,1-2H3,(H,24,28)(H,25,26,27). The van der Waals surface area contributed by atoms with Crippen molar-refractivity contribution in [1.29, 1.82) is 5.26 Å². The predicted molar refractivity (Wildman–Crippen MR) is 100 cm³/mol. The van der Waals surface area contributed by atoms with Crippen LogP contribution < -0.4 is 10.6 Å². The Balaban J connectivity index is 1.65. The van der Waals surface area contributed by atoms with Gasteiger partial charge < -0.3 is 15.1 Å². The van der Waals surface area contributed by atoms with Crippen LogP contribution in [-0.2, 0) is 6.54 Å². The van der Waals surface area contributed by atoms with Gasteiger partial charge in [-0.15, -0.1) is 0 Å². The van der Waals surface area contributed by atoms with Gasteiger partial charge in [0.15, 0.2) is 11.6 Å². The molecule has 3 aromatic rings. The molecular formula is C20H17F2N5O2. The van der Waals surface area contributed by atoms with Gasteiger partial charge in [-0.3, -0.25) is 4.79 Å². The molecule has 2 aromatic heterocycles. The Morgan fingerprint density at radius 3 is 2.72 bits per heavy atom. The number of halogens is 2. The molecule has 0 atom stereocenters. The molecule has 0 unspecified atom stereocenters. The van der Waals surface area contributed by atoms with E-state index in [1.165, 1.54) is 6.33 Å². The van der Waals surface area contributed by atoms with Gasteiger partial charge in [-0.1, -0.05) is 0 Å². The molecule has 29 heavy (non-hydrogen) atoms. The van der Waals surface area contributed by atoms with E-state index in [2.05, 4.69) is 27.5 Å². The average Bonchev–Trinajstić information content (AvgIpc) is 3.30. The SMILES string of the molecule is Cc1oc2ncnc(NC3(C)CC3)c2c1C(=O)NCc1cc(F)c(F)cc1C#N. The van der Waals surface area contributed by atoms with Crippen LogP contribution >= 0.6 is 0 Å². The molecule has 148 valence electrons. The number of nitrogens with one attached hydrogen (secondary N) is 2. The maximum absolute atomic E-state index is 13.5. The Kier molecular flexibility index (Phi) is 4.42. The highest BCUT2D eigenvalue weighted by atomic mass is 19.2. The van der Waals surface area contributed by atoms with Crippen molar-refractivity contribution in [3.05, 3.63) is 52.5 Å². The molecule has 2 heterocycles. The smallest absolute Gasteiger partial charge is 0.255 e. The molecule has 1 saturated carbocycles. The summed E-state index contributed by atoms with van der Waals surface area (Å²) in [5, 5.41) is 15.5. The zero-order valence-corrected chi connectivity index (χ0v) is 15.8. The third-order valence-electron chi connectivity index (χ3n) is 5.02. The van der Waals surface area contributed by atoms with E-state index in [9.17, 15) is 13.6 Å². The maximum Gasteiger partial charge on any atom is 0.255 e. The summed E-state index contributed by atoms with van der Waals surface area (Å²) in [5.41, 5.74) is 0.581. The van der Waals surface area contributed by atoms with Crippen LogP contribution in [0.25, 0.3) is 11.1 Å². The molecule has 0 radical (unpaired) electrons. The molecule has 7 nitrogen and oxygen atoms in total. The van der Waals surface area contributed by atoms with Crippen molar-refractivity contribution < 1.29 is 18.0 Å². The van der Waals surface area contributed by atoms with Crippen LogP contribution in [0.15, 0.2) is 22.9 Å². The van der Waals surface area contributed by atoms with Gasteiger partial charge in [0, 0.05) is 12.1 Å². The number of carbonyl (C=O) groups is 1. The molecule has 1 aromatic carbocycles. The number of amides is 1. The van der Waals surface area contributed by atoms with E-state index in [-0.39, 0.29) is 34.5 Å². The minimum absolute atomic E-state index is 0.0506. The lowest BCUT2D eigenvalue weighted by Crippen LogP contribution is -2.24. The number of nitrogens with zero attached hydrogens (tertiary/aromatic N) is 3. The van der Waals surface area contributed by atoms with E-state index in [1.54, 1.807) is 13.0 Å². The highest BCUT2D eigenvalue weighted by Gasteiger charge is 2.38. The number of carbonyl (C=O) groups excluding carboxylic acids is 1. The van der Waals surface area contributed by atoms with Crippen molar-refractivity contribution in [1.82, 2.24) is 15.3 Å². The van der Waals surface area contributed by atoms with E-state index < -0.39 is 17.5 Å². The molecule has 2 N–H and O–H groups in total. The molecule has 1 aliphatic carbocycles. The molecule has 0 aliphatic heterocycles. The second kappa shape index (κ2) is 6.81. The minimum atomic E-state index is -1.12. The maximum atomic E-state index is 13.5. The number of anilines is 1. The van der Waals surface area contributed by atoms with Crippen LogP contribution in [0.3, 0.4) is 0 Å². The van der Waals surface area contributed by atoms with Crippen molar-refractivity contribution in [3.63, 3.8) is 0 Å². The number of furan rings is 1. The lowest BCUT2D eigenvalue weighted by Gasteiger charge is -2.13. The van der Waals surface area contributed by atoms with Crippen LogP contribution in [0.2, 0.25) is 0 Å². The number of rotatable bonds is 5. The van der Waals surface area contributed by atoms with Gasteiger partial charge in [0.2, 0.25) is 5.71 Å². The molecule has 0 spiro atoms. The number of hydrogen-bond donors (Lipinski definition) is 2. The molecule has 1 aliphatic rings. The van der Waals surface area contributed by atoms with E-state index >= 15 is 0 Å². The summed E-state index contributed by atoms with van der Waals surface area (Å²) in [5.74, 6) is -1.84.